The first-order valence-corrected chi connectivity index (χ1v) is 8.51. The lowest BCUT2D eigenvalue weighted by atomic mass is 9.89. The van der Waals surface area contributed by atoms with Gasteiger partial charge in [-0.05, 0) is 51.0 Å². The molecular weight excluding hydrogens is 250 g/mol. The highest BCUT2D eigenvalue weighted by molar-refractivity contribution is 5.76. The molecule has 0 spiro atoms. The van der Waals surface area contributed by atoms with Gasteiger partial charge in [0.15, 0.2) is 0 Å². The number of nitrogens with one attached hydrogen (secondary N) is 2. The van der Waals surface area contributed by atoms with Gasteiger partial charge < -0.3 is 10.6 Å². The fourth-order valence-corrected chi connectivity index (χ4v) is 4.05. The molecule has 1 saturated carbocycles. The summed E-state index contributed by atoms with van der Waals surface area (Å²) < 4.78 is 0. The van der Waals surface area contributed by atoms with E-state index < -0.39 is 0 Å². The van der Waals surface area contributed by atoms with Gasteiger partial charge in [-0.25, -0.2) is 0 Å². The van der Waals surface area contributed by atoms with Crippen molar-refractivity contribution in [2.45, 2.75) is 70.0 Å². The number of likely N-dealkylation sites (N-methyl/N-ethyl adjacent to an activating group) is 1. The molecule has 1 aliphatic carbocycles. The van der Waals surface area contributed by atoms with E-state index in [9.17, 15) is 4.79 Å². The minimum atomic E-state index is 0.267. The van der Waals surface area contributed by atoms with E-state index in [1.54, 1.807) is 0 Å². The second-order valence-corrected chi connectivity index (χ2v) is 6.89. The third-order valence-electron chi connectivity index (χ3n) is 5.24. The van der Waals surface area contributed by atoms with Crippen LogP contribution in [0.5, 0.6) is 0 Å². The van der Waals surface area contributed by atoms with Crippen LogP contribution in [0.4, 0.5) is 0 Å². The molecule has 2 heterocycles. The molecule has 114 valence electrons. The van der Waals surface area contributed by atoms with E-state index in [4.69, 9.17) is 0 Å². The topological polar surface area (TPSA) is 44.4 Å². The van der Waals surface area contributed by atoms with E-state index >= 15 is 0 Å². The van der Waals surface area contributed by atoms with Crippen LogP contribution in [0.25, 0.3) is 0 Å². The van der Waals surface area contributed by atoms with Gasteiger partial charge in [0.2, 0.25) is 5.91 Å². The Morgan fingerprint density at radius 1 is 1.20 bits per heavy atom. The molecule has 0 aromatic carbocycles. The zero-order valence-electron chi connectivity index (χ0n) is 12.7. The van der Waals surface area contributed by atoms with Crippen molar-refractivity contribution in [3.63, 3.8) is 0 Å². The van der Waals surface area contributed by atoms with Gasteiger partial charge in [-0.1, -0.05) is 6.92 Å². The minimum absolute atomic E-state index is 0.267. The first-order valence-electron chi connectivity index (χ1n) is 8.51. The largest absolute Gasteiger partial charge is 0.355 e. The van der Waals surface area contributed by atoms with Crippen molar-refractivity contribution in [3.05, 3.63) is 0 Å². The molecule has 4 heteroatoms. The van der Waals surface area contributed by atoms with Crippen molar-refractivity contribution in [2.24, 2.45) is 5.92 Å². The van der Waals surface area contributed by atoms with Crippen molar-refractivity contribution >= 4 is 5.91 Å². The van der Waals surface area contributed by atoms with Crippen LogP contribution in [-0.4, -0.2) is 48.6 Å². The van der Waals surface area contributed by atoms with Crippen LogP contribution in [0.1, 0.15) is 51.9 Å². The Morgan fingerprint density at radius 2 is 1.90 bits per heavy atom. The third-order valence-corrected chi connectivity index (χ3v) is 5.24. The molecule has 2 atom stereocenters. The Morgan fingerprint density at radius 3 is 2.50 bits per heavy atom. The van der Waals surface area contributed by atoms with E-state index in [0.717, 1.165) is 32.1 Å². The fourth-order valence-electron chi connectivity index (χ4n) is 4.05. The normalized spacial score (nSPS) is 32.6. The molecule has 2 unspecified atom stereocenters. The number of carbonyl (C=O) groups excluding carboxylic acids is 1. The number of piperidine rings is 1. The number of fused-ring (bicyclic) bond motifs is 2. The van der Waals surface area contributed by atoms with Gasteiger partial charge >= 0.3 is 0 Å². The van der Waals surface area contributed by atoms with E-state index in [1.807, 2.05) is 0 Å². The highest BCUT2D eigenvalue weighted by Gasteiger charge is 2.34. The SMILES string of the molecule is CCN(CCNC(=O)CC1CC2CCC(C1)N2)C1CC1. The van der Waals surface area contributed by atoms with Gasteiger partial charge in [-0.3, -0.25) is 9.69 Å². The van der Waals surface area contributed by atoms with Crippen LogP contribution >= 0.6 is 0 Å². The van der Waals surface area contributed by atoms with Gasteiger partial charge in [0.05, 0.1) is 0 Å². The maximum absolute atomic E-state index is 12.1. The van der Waals surface area contributed by atoms with Crippen molar-refractivity contribution in [3.8, 4) is 0 Å². The molecule has 0 radical (unpaired) electrons. The Kier molecular flexibility index (Phi) is 4.61. The van der Waals surface area contributed by atoms with Crippen molar-refractivity contribution in [1.29, 1.82) is 0 Å². The third kappa shape index (κ3) is 3.73. The van der Waals surface area contributed by atoms with Crippen LogP contribution < -0.4 is 10.6 Å². The van der Waals surface area contributed by atoms with Gasteiger partial charge in [-0.2, -0.15) is 0 Å². The summed E-state index contributed by atoms with van der Waals surface area (Å²) in [6.07, 6.45) is 8.47. The highest BCUT2D eigenvalue weighted by Crippen LogP contribution is 2.32. The predicted molar refractivity (Wildman–Crippen MR) is 80.6 cm³/mol. The second kappa shape index (κ2) is 6.44. The summed E-state index contributed by atoms with van der Waals surface area (Å²) in [6.45, 7) is 5.16. The smallest absolute Gasteiger partial charge is 0.220 e. The maximum Gasteiger partial charge on any atom is 0.220 e. The maximum atomic E-state index is 12.1. The van der Waals surface area contributed by atoms with Crippen molar-refractivity contribution in [1.82, 2.24) is 15.5 Å². The summed E-state index contributed by atoms with van der Waals surface area (Å²) in [5, 5.41) is 6.77. The van der Waals surface area contributed by atoms with Gasteiger partial charge in [0.25, 0.3) is 0 Å². The van der Waals surface area contributed by atoms with Crippen LogP contribution in [0, 0.1) is 5.92 Å². The molecule has 2 aliphatic heterocycles. The Labute approximate surface area is 122 Å². The number of hydrogen-bond donors (Lipinski definition) is 2. The lowest BCUT2D eigenvalue weighted by Crippen LogP contribution is -2.40. The summed E-state index contributed by atoms with van der Waals surface area (Å²) in [5.74, 6) is 0.877. The van der Waals surface area contributed by atoms with Crippen LogP contribution in [0.2, 0.25) is 0 Å². The number of hydrogen-bond acceptors (Lipinski definition) is 3. The molecule has 3 fully saturated rings. The van der Waals surface area contributed by atoms with Crippen molar-refractivity contribution < 1.29 is 4.79 Å². The van der Waals surface area contributed by atoms with Gasteiger partial charge in [-0.15, -0.1) is 0 Å². The zero-order chi connectivity index (χ0) is 13.9. The zero-order valence-corrected chi connectivity index (χ0v) is 12.7. The first-order chi connectivity index (χ1) is 9.74. The molecular formula is C16H29N3O. The Balaban J connectivity index is 1.33. The van der Waals surface area contributed by atoms with E-state index in [2.05, 4.69) is 22.5 Å². The molecule has 1 amide bonds. The molecule has 4 nitrogen and oxygen atoms in total. The molecule has 2 saturated heterocycles. The average Bonchev–Trinajstić information content (AvgIpc) is 3.21. The van der Waals surface area contributed by atoms with Crippen LogP contribution in [0.15, 0.2) is 0 Å². The lowest BCUT2D eigenvalue weighted by molar-refractivity contribution is -0.122. The summed E-state index contributed by atoms with van der Waals surface area (Å²) in [5.41, 5.74) is 0. The Hall–Kier alpha value is -0.610. The van der Waals surface area contributed by atoms with Gasteiger partial charge in [0, 0.05) is 37.6 Å². The van der Waals surface area contributed by atoms with Crippen LogP contribution in [-0.2, 0) is 4.79 Å². The number of carbonyl (C=O) groups is 1. The van der Waals surface area contributed by atoms with E-state index in [0.29, 0.717) is 18.0 Å². The summed E-state index contributed by atoms with van der Waals surface area (Å²) in [7, 11) is 0. The Bertz CT molecular complexity index is 331. The van der Waals surface area contributed by atoms with Crippen molar-refractivity contribution in [2.75, 3.05) is 19.6 Å². The molecule has 20 heavy (non-hydrogen) atoms. The minimum Gasteiger partial charge on any atom is -0.355 e. The number of nitrogens with zero attached hydrogens (tertiary/aromatic N) is 1. The second-order valence-electron chi connectivity index (χ2n) is 6.89. The average molecular weight is 279 g/mol. The first kappa shape index (κ1) is 14.3. The quantitative estimate of drug-likeness (QED) is 0.742. The van der Waals surface area contributed by atoms with Gasteiger partial charge in [0.1, 0.15) is 0 Å². The molecule has 0 aromatic rings. The summed E-state index contributed by atoms with van der Waals surface area (Å²) in [6, 6.07) is 2.19. The number of amides is 1. The summed E-state index contributed by atoms with van der Waals surface area (Å²) in [4.78, 5) is 14.5. The number of rotatable bonds is 7. The molecule has 3 aliphatic rings. The highest BCUT2D eigenvalue weighted by atomic mass is 16.1. The fraction of sp³-hybridized carbons (Fsp3) is 0.938. The molecule has 2 N–H and O–H groups in total. The predicted octanol–water partition coefficient (Wildman–Crippen LogP) is 1.51. The monoisotopic (exact) mass is 279 g/mol. The molecule has 3 rings (SSSR count). The standard InChI is InChI=1S/C16H29N3O/c1-2-19(15-5-6-15)8-7-17-16(20)11-12-9-13-3-4-14(10-12)18-13/h12-15,18H,2-11H2,1H3,(H,17,20). The van der Waals surface area contributed by atoms with E-state index in [1.165, 1.54) is 38.5 Å². The van der Waals surface area contributed by atoms with E-state index in [-0.39, 0.29) is 5.91 Å². The summed E-state index contributed by atoms with van der Waals surface area (Å²) >= 11 is 0. The lowest BCUT2D eigenvalue weighted by Gasteiger charge is -2.28. The molecule has 2 bridgehead atoms. The molecule has 0 aromatic heterocycles. The van der Waals surface area contributed by atoms with Crippen LogP contribution in [0.3, 0.4) is 0 Å².